The van der Waals surface area contributed by atoms with Crippen LogP contribution in [0.1, 0.15) is 22.8 Å². The maximum Gasteiger partial charge on any atom is 0.179 e. The van der Waals surface area contributed by atoms with Gasteiger partial charge in [-0.1, -0.05) is 11.6 Å². The van der Waals surface area contributed by atoms with E-state index in [1.807, 2.05) is 6.92 Å². The summed E-state index contributed by atoms with van der Waals surface area (Å²) >= 11 is 5.93. The van der Waals surface area contributed by atoms with Crippen molar-refractivity contribution in [1.29, 1.82) is 0 Å². The summed E-state index contributed by atoms with van der Waals surface area (Å²) in [5.41, 5.74) is 6.90. The number of hydrogen-bond donors (Lipinski definition) is 1. The molecule has 2 N–H and O–H groups in total. The number of rotatable bonds is 3. The Morgan fingerprint density at radius 1 is 1.53 bits per heavy atom. The van der Waals surface area contributed by atoms with E-state index in [1.54, 1.807) is 19.1 Å². The summed E-state index contributed by atoms with van der Waals surface area (Å²) in [6.07, 6.45) is 0. The van der Waals surface area contributed by atoms with E-state index in [-0.39, 0.29) is 5.78 Å². The quantitative estimate of drug-likeness (QED) is 0.806. The number of aryl methyl sites for hydroxylation is 1. The van der Waals surface area contributed by atoms with E-state index in [0.29, 0.717) is 16.3 Å². The Bertz CT molecular complexity index is 388. The highest BCUT2D eigenvalue weighted by Crippen LogP contribution is 2.28. The van der Waals surface area contributed by atoms with E-state index < -0.39 is 6.04 Å². The Kier molecular flexibility index (Phi) is 3.72. The van der Waals surface area contributed by atoms with Crippen molar-refractivity contribution in [3.63, 3.8) is 0 Å². The number of ether oxygens (including phenoxy) is 1. The minimum absolute atomic E-state index is 0.114. The fraction of sp³-hybridized carbons (Fsp3) is 0.364. The molecule has 15 heavy (non-hydrogen) atoms. The molecule has 1 unspecified atom stereocenters. The second kappa shape index (κ2) is 4.64. The summed E-state index contributed by atoms with van der Waals surface area (Å²) in [7, 11) is 1.54. The SMILES string of the molecule is COc1cc(C)c(C(=O)C(C)N)cc1Cl. The summed E-state index contributed by atoms with van der Waals surface area (Å²) in [6, 6.07) is 2.81. The lowest BCUT2D eigenvalue weighted by Crippen LogP contribution is -2.27. The van der Waals surface area contributed by atoms with Crippen molar-refractivity contribution in [3.8, 4) is 5.75 Å². The van der Waals surface area contributed by atoms with Crippen LogP contribution in [0.5, 0.6) is 5.75 Å². The van der Waals surface area contributed by atoms with E-state index >= 15 is 0 Å². The third-order valence-corrected chi connectivity index (χ3v) is 2.47. The fourth-order valence-corrected chi connectivity index (χ4v) is 1.56. The number of carbonyl (C=O) groups is 1. The van der Waals surface area contributed by atoms with Gasteiger partial charge in [0.05, 0.1) is 18.2 Å². The highest BCUT2D eigenvalue weighted by atomic mass is 35.5. The molecule has 0 bridgehead atoms. The lowest BCUT2D eigenvalue weighted by Gasteiger charge is -2.11. The molecule has 0 aliphatic carbocycles. The zero-order valence-corrected chi connectivity index (χ0v) is 9.76. The largest absolute Gasteiger partial charge is 0.495 e. The summed E-state index contributed by atoms with van der Waals surface area (Å²) in [5.74, 6) is 0.451. The molecule has 4 heteroatoms. The van der Waals surface area contributed by atoms with Gasteiger partial charge in [-0.2, -0.15) is 0 Å². The van der Waals surface area contributed by atoms with Gasteiger partial charge >= 0.3 is 0 Å². The van der Waals surface area contributed by atoms with E-state index in [0.717, 1.165) is 5.56 Å². The van der Waals surface area contributed by atoms with Gasteiger partial charge in [0.15, 0.2) is 5.78 Å². The molecule has 1 aromatic carbocycles. The first-order valence-electron chi connectivity index (χ1n) is 4.61. The van der Waals surface area contributed by atoms with Gasteiger partial charge in [0.2, 0.25) is 0 Å². The third kappa shape index (κ3) is 2.49. The molecule has 0 aliphatic heterocycles. The topological polar surface area (TPSA) is 52.3 Å². The Labute approximate surface area is 94.2 Å². The first-order valence-corrected chi connectivity index (χ1v) is 4.99. The Morgan fingerprint density at radius 3 is 2.60 bits per heavy atom. The number of nitrogens with two attached hydrogens (primary N) is 1. The molecule has 1 atom stereocenters. The first kappa shape index (κ1) is 12.0. The number of benzene rings is 1. The molecule has 1 aromatic rings. The summed E-state index contributed by atoms with van der Waals surface area (Å²) in [4.78, 5) is 11.7. The molecule has 0 amide bonds. The van der Waals surface area contributed by atoms with Crippen LogP contribution in [0.4, 0.5) is 0 Å². The number of methoxy groups -OCH3 is 1. The number of carbonyl (C=O) groups excluding carboxylic acids is 1. The van der Waals surface area contributed by atoms with Gasteiger partial charge in [0.25, 0.3) is 0 Å². The number of halogens is 1. The van der Waals surface area contributed by atoms with Crippen LogP contribution in [0, 0.1) is 6.92 Å². The van der Waals surface area contributed by atoms with Gasteiger partial charge in [-0.15, -0.1) is 0 Å². The maximum absolute atomic E-state index is 11.7. The zero-order chi connectivity index (χ0) is 11.6. The highest BCUT2D eigenvalue weighted by molar-refractivity contribution is 6.32. The van der Waals surface area contributed by atoms with Crippen LogP contribution in [0.25, 0.3) is 0 Å². The molecule has 0 radical (unpaired) electrons. The number of ketones is 1. The molecule has 0 aliphatic rings. The smallest absolute Gasteiger partial charge is 0.179 e. The van der Waals surface area contributed by atoms with E-state index in [4.69, 9.17) is 22.1 Å². The lowest BCUT2D eigenvalue weighted by molar-refractivity contribution is 0.0967. The fourth-order valence-electron chi connectivity index (χ4n) is 1.32. The minimum atomic E-state index is -0.520. The maximum atomic E-state index is 11.7. The highest BCUT2D eigenvalue weighted by Gasteiger charge is 2.15. The van der Waals surface area contributed by atoms with Crippen LogP contribution in [0.15, 0.2) is 12.1 Å². The van der Waals surface area contributed by atoms with Gasteiger partial charge in [0.1, 0.15) is 5.75 Å². The van der Waals surface area contributed by atoms with Crippen LogP contribution in [0.3, 0.4) is 0 Å². The Balaban J connectivity index is 3.22. The molecular weight excluding hydrogens is 214 g/mol. The predicted molar refractivity (Wildman–Crippen MR) is 60.7 cm³/mol. The molecule has 0 spiro atoms. The molecule has 82 valence electrons. The normalized spacial score (nSPS) is 12.3. The second-order valence-corrected chi connectivity index (χ2v) is 3.86. The van der Waals surface area contributed by atoms with Gasteiger partial charge < -0.3 is 10.5 Å². The monoisotopic (exact) mass is 227 g/mol. The van der Waals surface area contributed by atoms with Crippen molar-refractivity contribution in [2.24, 2.45) is 5.73 Å². The van der Waals surface area contributed by atoms with Gasteiger partial charge in [-0.25, -0.2) is 0 Å². The van der Waals surface area contributed by atoms with Crippen LogP contribution < -0.4 is 10.5 Å². The molecule has 0 aromatic heterocycles. The van der Waals surface area contributed by atoms with E-state index in [1.165, 1.54) is 7.11 Å². The molecule has 0 fully saturated rings. The summed E-state index contributed by atoms with van der Waals surface area (Å²) in [5, 5.41) is 0.423. The summed E-state index contributed by atoms with van der Waals surface area (Å²) < 4.78 is 5.05. The van der Waals surface area contributed by atoms with Gasteiger partial charge in [-0.3, -0.25) is 4.79 Å². The number of hydrogen-bond acceptors (Lipinski definition) is 3. The minimum Gasteiger partial charge on any atom is -0.495 e. The molecule has 3 nitrogen and oxygen atoms in total. The molecule has 0 saturated heterocycles. The first-order chi connectivity index (χ1) is 6.97. The van der Waals surface area contributed by atoms with Crippen molar-refractivity contribution in [3.05, 3.63) is 28.3 Å². The Hall–Kier alpha value is -1.06. The van der Waals surface area contributed by atoms with Crippen LogP contribution in [0.2, 0.25) is 5.02 Å². The van der Waals surface area contributed by atoms with Crippen molar-refractivity contribution in [2.75, 3.05) is 7.11 Å². The second-order valence-electron chi connectivity index (χ2n) is 3.45. The van der Waals surface area contributed by atoms with Crippen molar-refractivity contribution >= 4 is 17.4 Å². The average Bonchev–Trinajstić information content (AvgIpc) is 2.19. The van der Waals surface area contributed by atoms with E-state index in [9.17, 15) is 4.79 Å². The van der Waals surface area contributed by atoms with Crippen LogP contribution in [-0.2, 0) is 0 Å². The zero-order valence-electron chi connectivity index (χ0n) is 9.00. The van der Waals surface area contributed by atoms with Crippen LogP contribution >= 0.6 is 11.6 Å². The lowest BCUT2D eigenvalue weighted by atomic mass is 10.0. The molecular formula is C11H14ClNO2. The molecule has 0 heterocycles. The standard InChI is InChI=1S/C11H14ClNO2/c1-6-4-10(15-3)9(12)5-8(6)11(14)7(2)13/h4-5,7H,13H2,1-3H3. The predicted octanol–water partition coefficient (Wildman–Crippen LogP) is 2.19. The molecule has 0 saturated carbocycles. The third-order valence-electron chi connectivity index (χ3n) is 2.18. The molecule has 1 rings (SSSR count). The average molecular weight is 228 g/mol. The van der Waals surface area contributed by atoms with Crippen molar-refractivity contribution < 1.29 is 9.53 Å². The number of Topliss-reactive ketones (excluding diaryl/α,β-unsaturated/α-hetero) is 1. The van der Waals surface area contributed by atoms with Gasteiger partial charge in [0, 0.05) is 5.56 Å². The van der Waals surface area contributed by atoms with Gasteiger partial charge in [-0.05, 0) is 31.5 Å². The van der Waals surface area contributed by atoms with E-state index in [2.05, 4.69) is 0 Å². The van der Waals surface area contributed by atoms with Crippen molar-refractivity contribution in [2.45, 2.75) is 19.9 Å². The Morgan fingerprint density at radius 2 is 2.13 bits per heavy atom. The summed E-state index contributed by atoms with van der Waals surface area (Å²) in [6.45, 7) is 3.48. The van der Waals surface area contributed by atoms with Crippen LogP contribution in [-0.4, -0.2) is 18.9 Å². The van der Waals surface area contributed by atoms with Crippen molar-refractivity contribution in [1.82, 2.24) is 0 Å².